The lowest BCUT2D eigenvalue weighted by molar-refractivity contribution is -0.385. The van der Waals surface area contributed by atoms with Gasteiger partial charge in [-0.3, -0.25) is 10.1 Å². The number of hydrogen-bond acceptors (Lipinski definition) is 4. The fraction of sp³-hybridized carbons (Fsp3) is 0. The van der Waals surface area contributed by atoms with Gasteiger partial charge < -0.3 is 5.11 Å². The lowest BCUT2D eigenvalue weighted by Crippen LogP contribution is -2.10. The van der Waals surface area contributed by atoms with Crippen molar-refractivity contribution in [2.24, 2.45) is 0 Å². The van der Waals surface area contributed by atoms with Gasteiger partial charge in [0.1, 0.15) is 12.0 Å². The van der Waals surface area contributed by atoms with E-state index in [0.29, 0.717) is 0 Å². The van der Waals surface area contributed by atoms with Gasteiger partial charge in [-0.25, -0.2) is 13.9 Å². The monoisotopic (exact) mass is 251 g/mol. The molecule has 1 heterocycles. The summed E-state index contributed by atoms with van der Waals surface area (Å²) < 4.78 is 13.8. The summed E-state index contributed by atoms with van der Waals surface area (Å²) in [6, 6.07) is 4.95. The Hall–Kier alpha value is -2.77. The summed E-state index contributed by atoms with van der Waals surface area (Å²) in [5, 5.41) is 23.2. The summed E-state index contributed by atoms with van der Waals surface area (Å²) in [6.07, 6.45) is 0.814. The Bertz CT molecular complexity index is 638. The van der Waals surface area contributed by atoms with Gasteiger partial charge in [0, 0.05) is 0 Å². The molecule has 18 heavy (non-hydrogen) atoms. The van der Waals surface area contributed by atoms with Crippen molar-refractivity contribution in [2.45, 2.75) is 0 Å². The molecule has 0 aliphatic rings. The molecule has 2 aromatic rings. The van der Waals surface area contributed by atoms with E-state index in [1.807, 2.05) is 0 Å². The first-order valence-corrected chi connectivity index (χ1v) is 4.72. The average Bonchev–Trinajstić information content (AvgIpc) is 2.73. The average molecular weight is 251 g/mol. The van der Waals surface area contributed by atoms with E-state index in [0.717, 1.165) is 16.9 Å². The molecule has 1 aromatic heterocycles. The smallest absolute Gasteiger partial charge is 0.361 e. The summed E-state index contributed by atoms with van der Waals surface area (Å²) in [4.78, 5) is 20.8. The Morgan fingerprint density at radius 3 is 2.78 bits per heavy atom. The number of carboxylic acid groups (broad SMARTS) is 1. The number of aromatic carboxylic acids is 1. The minimum atomic E-state index is -1.51. The highest BCUT2D eigenvalue weighted by Crippen LogP contribution is 2.21. The van der Waals surface area contributed by atoms with Crippen molar-refractivity contribution in [3.63, 3.8) is 0 Å². The number of benzene rings is 1. The van der Waals surface area contributed by atoms with Crippen molar-refractivity contribution in [3.8, 4) is 5.69 Å². The summed E-state index contributed by atoms with van der Waals surface area (Å²) in [7, 11) is 0. The van der Waals surface area contributed by atoms with Crippen LogP contribution in [-0.4, -0.2) is 25.8 Å². The number of carbonyl (C=O) groups is 1. The lowest BCUT2D eigenvalue weighted by Gasteiger charge is -2.03. The molecule has 92 valence electrons. The molecule has 0 aliphatic heterocycles. The minimum Gasteiger partial charge on any atom is -0.476 e. The Morgan fingerprint density at radius 1 is 1.50 bits per heavy atom. The fourth-order valence-electron chi connectivity index (χ4n) is 1.48. The van der Waals surface area contributed by atoms with Gasteiger partial charge in [-0.05, 0) is 18.2 Å². The van der Waals surface area contributed by atoms with E-state index in [2.05, 4.69) is 5.10 Å². The SMILES string of the molecule is O=C(O)c1c([N+](=O)[O-])cnn1-c1cccc(F)c1. The van der Waals surface area contributed by atoms with Gasteiger partial charge in [0.15, 0.2) is 0 Å². The first kappa shape index (κ1) is 11.7. The molecule has 0 saturated carbocycles. The van der Waals surface area contributed by atoms with Gasteiger partial charge in [0.2, 0.25) is 5.69 Å². The van der Waals surface area contributed by atoms with Gasteiger partial charge in [0.05, 0.1) is 10.6 Å². The van der Waals surface area contributed by atoms with E-state index in [-0.39, 0.29) is 5.69 Å². The van der Waals surface area contributed by atoms with Crippen LogP contribution in [0, 0.1) is 15.9 Å². The highest BCUT2D eigenvalue weighted by Gasteiger charge is 2.27. The predicted octanol–water partition coefficient (Wildman–Crippen LogP) is 1.62. The molecule has 0 radical (unpaired) electrons. The standard InChI is InChI=1S/C10H6FN3O4/c11-6-2-1-3-7(4-6)13-9(10(15)16)8(5-12-13)14(17)18/h1-5H,(H,15,16). The first-order valence-electron chi connectivity index (χ1n) is 4.72. The first-order chi connectivity index (χ1) is 8.50. The van der Waals surface area contributed by atoms with Gasteiger partial charge in [0.25, 0.3) is 0 Å². The Kier molecular flexibility index (Phi) is 2.76. The van der Waals surface area contributed by atoms with E-state index < -0.39 is 28.1 Å². The highest BCUT2D eigenvalue weighted by atomic mass is 19.1. The molecule has 0 unspecified atom stereocenters. The number of aromatic nitrogens is 2. The highest BCUT2D eigenvalue weighted by molar-refractivity contribution is 5.91. The van der Waals surface area contributed by atoms with Crippen molar-refractivity contribution < 1.29 is 19.2 Å². The number of hydrogen-bond donors (Lipinski definition) is 1. The van der Waals surface area contributed by atoms with Gasteiger partial charge in [-0.15, -0.1) is 0 Å². The maximum Gasteiger partial charge on any atom is 0.361 e. The predicted molar refractivity (Wildman–Crippen MR) is 57.1 cm³/mol. The fourth-order valence-corrected chi connectivity index (χ4v) is 1.48. The molecule has 0 aliphatic carbocycles. The number of halogens is 1. The third-order valence-electron chi connectivity index (χ3n) is 2.20. The van der Waals surface area contributed by atoms with Crippen LogP contribution in [0.25, 0.3) is 5.69 Å². The van der Waals surface area contributed by atoms with E-state index in [1.165, 1.54) is 18.2 Å². The largest absolute Gasteiger partial charge is 0.476 e. The van der Waals surface area contributed by atoms with E-state index in [1.54, 1.807) is 0 Å². The van der Waals surface area contributed by atoms with Crippen molar-refractivity contribution in [2.75, 3.05) is 0 Å². The molecule has 2 rings (SSSR count). The Balaban J connectivity index is 2.65. The van der Waals surface area contributed by atoms with Crippen LogP contribution >= 0.6 is 0 Å². The maximum absolute atomic E-state index is 13.0. The van der Waals surface area contributed by atoms with Crippen LogP contribution in [0.2, 0.25) is 0 Å². The molecular formula is C10H6FN3O4. The molecule has 0 fully saturated rings. The van der Waals surface area contributed by atoms with Crippen LogP contribution in [0.5, 0.6) is 0 Å². The molecule has 0 spiro atoms. The second kappa shape index (κ2) is 4.24. The second-order valence-electron chi connectivity index (χ2n) is 3.33. The molecule has 7 nitrogen and oxygen atoms in total. The Labute approximate surface area is 99.2 Å². The van der Waals surface area contributed by atoms with Crippen LogP contribution in [0.4, 0.5) is 10.1 Å². The molecule has 8 heteroatoms. The zero-order valence-corrected chi connectivity index (χ0v) is 8.78. The summed E-state index contributed by atoms with van der Waals surface area (Å²) in [5.41, 5.74) is -1.17. The summed E-state index contributed by atoms with van der Waals surface area (Å²) in [6.45, 7) is 0. The van der Waals surface area contributed by atoms with Crippen LogP contribution in [0.15, 0.2) is 30.5 Å². The number of rotatable bonds is 3. The Morgan fingerprint density at radius 2 is 2.22 bits per heavy atom. The molecule has 0 bridgehead atoms. The molecular weight excluding hydrogens is 245 g/mol. The number of carboxylic acids is 1. The molecule has 0 atom stereocenters. The number of nitro groups is 1. The lowest BCUT2D eigenvalue weighted by atomic mass is 10.3. The quantitative estimate of drug-likeness (QED) is 0.660. The zero-order chi connectivity index (χ0) is 13.3. The van der Waals surface area contributed by atoms with Crippen LogP contribution in [-0.2, 0) is 0 Å². The van der Waals surface area contributed by atoms with Crippen LogP contribution in [0.1, 0.15) is 10.5 Å². The van der Waals surface area contributed by atoms with Crippen molar-refractivity contribution in [3.05, 3.63) is 52.1 Å². The van der Waals surface area contributed by atoms with Crippen molar-refractivity contribution in [1.82, 2.24) is 9.78 Å². The van der Waals surface area contributed by atoms with Crippen LogP contribution in [0.3, 0.4) is 0 Å². The normalized spacial score (nSPS) is 10.3. The van der Waals surface area contributed by atoms with E-state index in [9.17, 15) is 19.3 Å². The molecule has 0 amide bonds. The van der Waals surface area contributed by atoms with Crippen molar-refractivity contribution >= 4 is 11.7 Å². The molecule has 0 saturated heterocycles. The summed E-state index contributed by atoms with van der Waals surface area (Å²) >= 11 is 0. The third-order valence-corrected chi connectivity index (χ3v) is 2.20. The van der Waals surface area contributed by atoms with Crippen LogP contribution < -0.4 is 0 Å². The summed E-state index contributed by atoms with van der Waals surface area (Å²) in [5.74, 6) is -2.11. The van der Waals surface area contributed by atoms with Gasteiger partial charge >= 0.3 is 11.7 Å². The van der Waals surface area contributed by atoms with E-state index >= 15 is 0 Å². The van der Waals surface area contributed by atoms with Gasteiger partial charge in [-0.1, -0.05) is 6.07 Å². The third kappa shape index (κ3) is 1.90. The second-order valence-corrected chi connectivity index (χ2v) is 3.33. The van der Waals surface area contributed by atoms with E-state index in [4.69, 9.17) is 5.11 Å². The molecule has 1 N–H and O–H groups in total. The minimum absolute atomic E-state index is 0.0977. The van der Waals surface area contributed by atoms with Crippen molar-refractivity contribution in [1.29, 1.82) is 0 Å². The molecule has 1 aromatic carbocycles. The van der Waals surface area contributed by atoms with Gasteiger partial charge in [-0.2, -0.15) is 5.10 Å². The maximum atomic E-state index is 13.0. The zero-order valence-electron chi connectivity index (χ0n) is 8.78. The topological polar surface area (TPSA) is 98.3 Å². The number of nitrogens with zero attached hydrogens (tertiary/aromatic N) is 3.